The monoisotopic (exact) mass is 447 g/mol. The topological polar surface area (TPSA) is 56.8 Å². The summed E-state index contributed by atoms with van der Waals surface area (Å²) in [7, 11) is 1.47. The molecule has 2 aromatic carbocycles. The number of carbonyl (C=O) groups excluding carboxylic acids is 1. The molecule has 0 atom stereocenters. The van der Waals surface area contributed by atoms with E-state index in [1.807, 2.05) is 0 Å². The van der Waals surface area contributed by atoms with Crippen LogP contribution >= 0.6 is 15.9 Å². The molecule has 0 saturated carbocycles. The molecule has 0 aliphatic heterocycles. The first kappa shape index (κ1) is 21.0. The zero-order valence-electron chi connectivity index (χ0n) is 14.3. The molecule has 0 fully saturated rings. The largest absolute Gasteiger partial charge is 0.489 e. The summed E-state index contributed by atoms with van der Waals surface area (Å²) >= 11 is 3.28. The Balaban J connectivity index is 2.09. The van der Waals surface area contributed by atoms with Crippen LogP contribution in [0.2, 0.25) is 0 Å². The molecular weight excluding hydrogens is 431 g/mol. The maximum Gasteiger partial charge on any atom is 0.416 e. The molecule has 2 aromatic rings. The second-order valence-electron chi connectivity index (χ2n) is 5.34. The predicted molar refractivity (Wildman–Crippen MR) is 97.1 cm³/mol. The number of anilines is 1. The predicted octanol–water partition coefficient (Wildman–Crippen LogP) is 4.51. The highest BCUT2D eigenvalue weighted by molar-refractivity contribution is 9.10. The summed E-state index contributed by atoms with van der Waals surface area (Å²) < 4.78 is 55.2. The Labute approximate surface area is 162 Å². The SMILES string of the molecule is COCCOc1ccc(C(F)(F)F)cc1NC(=O)COc1cccc(Br)c1. The molecule has 146 valence electrons. The fraction of sp³-hybridized carbons (Fsp3) is 0.278. The minimum atomic E-state index is -4.54. The average molecular weight is 448 g/mol. The molecule has 1 amide bonds. The van der Waals surface area contributed by atoms with Gasteiger partial charge in [-0.25, -0.2) is 0 Å². The van der Waals surface area contributed by atoms with Crippen LogP contribution in [-0.2, 0) is 15.7 Å². The van der Waals surface area contributed by atoms with Gasteiger partial charge in [0.1, 0.15) is 18.1 Å². The van der Waals surface area contributed by atoms with E-state index in [0.29, 0.717) is 5.75 Å². The Hall–Kier alpha value is -2.26. The van der Waals surface area contributed by atoms with Crippen molar-refractivity contribution < 1.29 is 32.2 Å². The molecule has 5 nitrogen and oxygen atoms in total. The molecule has 1 N–H and O–H groups in total. The van der Waals surface area contributed by atoms with Crippen LogP contribution in [-0.4, -0.2) is 32.8 Å². The molecule has 0 bridgehead atoms. The summed E-state index contributed by atoms with van der Waals surface area (Å²) in [5.41, 5.74) is -0.992. The van der Waals surface area contributed by atoms with E-state index in [0.717, 1.165) is 22.7 Å². The van der Waals surface area contributed by atoms with E-state index < -0.39 is 17.6 Å². The molecule has 0 heterocycles. The highest BCUT2D eigenvalue weighted by Gasteiger charge is 2.31. The van der Waals surface area contributed by atoms with Crippen molar-refractivity contribution in [1.29, 1.82) is 0 Å². The maximum atomic E-state index is 12.9. The number of alkyl halides is 3. The van der Waals surface area contributed by atoms with Crippen molar-refractivity contribution >= 4 is 27.5 Å². The van der Waals surface area contributed by atoms with Gasteiger partial charge >= 0.3 is 6.18 Å². The summed E-state index contributed by atoms with van der Waals surface area (Å²) in [6.07, 6.45) is -4.54. The van der Waals surface area contributed by atoms with Gasteiger partial charge in [0.25, 0.3) is 5.91 Å². The van der Waals surface area contributed by atoms with Gasteiger partial charge in [0, 0.05) is 11.6 Å². The Morgan fingerprint density at radius 2 is 1.89 bits per heavy atom. The van der Waals surface area contributed by atoms with Gasteiger partial charge in [-0.3, -0.25) is 4.79 Å². The van der Waals surface area contributed by atoms with E-state index in [4.69, 9.17) is 14.2 Å². The van der Waals surface area contributed by atoms with Gasteiger partial charge in [-0.05, 0) is 36.4 Å². The van der Waals surface area contributed by atoms with Crippen LogP contribution in [0, 0.1) is 0 Å². The van der Waals surface area contributed by atoms with Crippen molar-refractivity contribution in [2.24, 2.45) is 0 Å². The van der Waals surface area contributed by atoms with Gasteiger partial charge in [-0.1, -0.05) is 22.0 Å². The molecule has 0 aliphatic carbocycles. The molecule has 9 heteroatoms. The number of carbonyl (C=O) groups is 1. The summed E-state index contributed by atoms with van der Waals surface area (Å²) in [5.74, 6) is -0.0677. The molecule has 2 rings (SSSR count). The summed E-state index contributed by atoms with van der Waals surface area (Å²) in [6.45, 7) is 0.00386. The highest BCUT2D eigenvalue weighted by atomic mass is 79.9. The zero-order valence-corrected chi connectivity index (χ0v) is 15.9. The van der Waals surface area contributed by atoms with Gasteiger partial charge in [0.05, 0.1) is 17.9 Å². The number of amides is 1. The van der Waals surface area contributed by atoms with E-state index >= 15 is 0 Å². The standard InChI is InChI=1S/C18H17BrF3NO4/c1-25-7-8-26-16-6-5-12(18(20,21)22)9-15(16)23-17(24)11-27-14-4-2-3-13(19)10-14/h2-6,9-10H,7-8,11H2,1H3,(H,23,24). The number of benzene rings is 2. The number of halogens is 4. The molecule has 0 radical (unpaired) electrons. The Morgan fingerprint density at radius 1 is 1.11 bits per heavy atom. The Kier molecular flexibility index (Phi) is 7.49. The first-order valence-corrected chi connectivity index (χ1v) is 8.60. The summed E-state index contributed by atoms with van der Waals surface area (Å²) in [5, 5.41) is 2.39. The third-order valence-corrected chi connectivity index (χ3v) is 3.79. The number of nitrogens with one attached hydrogen (secondary N) is 1. The quantitative estimate of drug-likeness (QED) is 0.604. The van der Waals surface area contributed by atoms with Gasteiger partial charge in [-0.15, -0.1) is 0 Å². The minimum Gasteiger partial charge on any atom is -0.489 e. The van der Waals surface area contributed by atoms with E-state index in [2.05, 4.69) is 21.2 Å². The third-order valence-electron chi connectivity index (χ3n) is 3.29. The van der Waals surface area contributed by atoms with Crippen LogP contribution in [0.1, 0.15) is 5.56 Å². The lowest BCUT2D eigenvalue weighted by Crippen LogP contribution is -2.21. The lowest BCUT2D eigenvalue weighted by Gasteiger charge is -2.15. The molecular formula is C18H17BrF3NO4. The van der Waals surface area contributed by atoms with Crippen molar-refractivity contribution in [3.8, 4) is 11.5 Å². The molecule has 0 spiro atoms. The second-order valence-corrected chi connectivity index (χ2v) is 6.26. The fourth-order valence-corrected chi connectivity index (χ4v) is 2.44. The van der Waals surface area contributed by atoms with E-state index in [9.17, 15) is 18.0 Å². The number of methoxy groups -OCH3 is 1. The smallest absolute Gasteiger partial charge is 0.416 e. The van der Waals surface area contributed by atoms with Crippen molar-refractivity contribution in [2.45, 2.75) is 6.18 Å². The Bertz CT molecular complexity index is 783. The van der Waals surface area contributed by atoms with Crippen LogP contribution in [0.3, 0.4) is 0 Å². The molecule has 0 unspecified atom stereocenters. The van der Waals surface area contributed by atoms with Crippen molar-refractivity contribution in [1.82, 2.24) is 0 Å². The summed E-state index contributed by atoms with van der Waals surface area (Å²) in [6, 6.07) is 9.70. The average Bonchev–Trinajstić information content (AvgIpc) is 2.60. The first-order valence-electron chi connectivity index (χ1n) is 7.81. The lowest BCUT2D eigenvalue weighted by molar-refractivity contribution is -0.137. The molecule has 0 aromatic heterocycles. The normalized spacial score (nSPS) is 11.1. The van der Waals surface area contributed by atoms with Crippen molar-refractivity contribution in [3.05, 3.63) is 52.5 Å². The van der Waals surface area contributed by atoms with Crippen LogP contribution in [0.15, 0.2) is 46.9 Å². The summed E-state index contributed by atoms with van der Waals surface area (Å²) in [4.78, 5) is 12.1. The number of hydrogen-bond donors (Lipinski definition) is 1. The van der Waals surface area contributed by atoms with Crippen molar-refractivity contribution in [3.63, 3.8) is 0 Å². The van der Waals surface area contributed by atoms with Gasteiger partial charge in [0.2, 0.25) is 0 Å². The molecule has 0 saturated heterocycles. The minimum absolute atomic E-state index is 0.0937. The fourth-order valence-electron chi connectivity index (χ4n) is 2.06. The Morgan fingerprint density at radius 3 is 2.56 bits per heavy atom. The highest BCUT2D eigenvalue weighted by Crippen LogP contribution is 2.35. The van der Waals surface area contributed by atoms with E-state index in [-0.39, 0.29) is 31.3 Å². The van der Waals surface area contributed by atoms with Gasteiger partial charge in [-0.2, -0.15) is 13.2 Å². The molecule has 27 heavy (non-hydrogen) atoms. The van der Waals surface area contributed by atoms with E-state index in [1.54, 1.807) is 24.3 Å². The first-order chi connectivity index (χ1) is 12.8. The second kappa shape index (κ2) is 9.61. The van der Waals surface area contributed by atoms with Gasteiger partial charge < -0.3 is 19.5 Å². The number of hydrogen-bond acceptors (Lipinski definition) is 4. The maximum absolute atomic E-state index is 12.9. The van der Waals surface area contributed by atoms with E-state index in [1.165, 1.54) is 7.11 Å². The number of ether oxygens (including phenoxy) is 3. The van der Waals surface area contributed by atoms with Crippen LogP contribution in [0.5, 0.6) is 11.5 Å². The lowest BCUT2D eigenvalue weighted by atomic mass is 10.1. The number of rotatable bonds is 8. The molecule has 0 aliphatic rings. The van der Waals surface area contributed by atoms with Crippen LogP contribution < -0.4 is 14.8 Å². The van der Waals surface area contributed by atoms with Gasteiger partial charge in [0.15, 0.2) is 6.61 Å². The van der Waals surface area contributed by atoms with Crippen molar-refractivity contribution in [2.75, 3.05) is 32.2 Å². The zero-order chi connectivity index (χ0) is 19.9. The third kappa shape index (κ3) is 6.76. The van der Waals surface area contributed by atoms with Crippen LogP contribution in [0.25, 0.3) is 0 Å². The van der Waals surface area contributed by atoms with Crippen LogP contribution in [0.4, 0.5) is 18.9 Å².